The first kappa shape index (κ1) is 18.3. The zero-order chi connectivity index (χ0) is 17.5. The number of nitrogens with one attached hydrogen (secondary N) is 1. The van der Waals surface area contributed by atoms with E-state index in [2.05, 4.69) is 43.2 Å². The van der Waals surface area contributed by atoms with Gasteiger partial charge in [-0.05, 0) is 24.5 Å². The van der Waals surface area contributed by atoms with Crippen LogP contribution < -0.4 is 10.2 Å². The van der Waals surface area contributed by atoms with Gasteiger partial charge in [-0.1, -0.05) is 32.0 Å². The summed E-state index contributed by atoms with van der Waals surface area (Å²) in [6, 6.07) is 10.2. The standard InChI is InChI=1S/C19H29N3O2/c1-15(2)13-22-14-16(12-18(22)23)19(24)20-10-7-11-21(3)17-8-5-4-6-9-17/h4-6,8-9,15-16H,7,10-14H2,1-3H3,(H,20,24)/t16-/m0/s1. The maximum atomic E-state index is 12.2. The molecule has 0 unspecified atom stereocenters. The lowest BCUT2D eigenvalue weighted by Crippen LogP contribution is -2.35. The third-order valence-corrected chi connectivity index (χ3v) is 4.34. The minimum absolute atomic E-state index is 0.0111. The quantitative estimate of drug-likeness (QED) is 0.743. The largest absolute Gasteiger partial charge is 0.375 e. The number of anilines is 1. The predicted octanol–water partition coefficient (Wildman–Crippen LogP) is 2.13. The first-order chi connectivity index (χ1) is 11.5. The van der Waals surface area contributed by atoms with Crippen LogP contribution in [0.4, 0.5) is 5.69 Å². The Labute approximate surface area is 145 Å². The zero-order valence-electron chi connectivity index (χ0n) is 15.0. The molecule has 0 saturated carbocycles. The molecular weight excluding hydrogens is 302 g/mol. The van der Waals surface area contributed by atoms with Gasteiger partial charge in [-0.25, -0.2) is 0 Å². The van der Waals surface area contributed by atoms with Crippen molar-refractivity contribution in [3.63, 3.8) is 0 Å². The van der Waals surface area contributed by atoms with E-state index in [4.69, 9.17) is 0 Å². The van der Waals surface area contributed by atoms with Crippen molar-refractivity contribution in [1.82, 2.24) is 10.2 Å². The smallest absolute Gasteiger partial charge is 0.225 e. The van der Waals surface area contributed by atoms with Gasteiger partial charge in [0.25, 0.3) is 0 Å². The van der Waals surface area contributed by atoms with Crippen molar-refractivity contribution in [3.8, 4) is 0 Å². The Morgan fingerprint density at radius 1 is 1.33 bits per heavy atom. The van der Waals surface area contributed by atoms with Crippen LogP contribution in [0.2, 0.25) is 0 Å². The molecule has 0 spiro atoms. The fourth-order valence-electron chi connectivity index (χ4n) is 3.05. The van der Waals surface area contributed by atoms with Crippen LogP contribution in [-0.4, -0.2) is 49.9 Å². The number of hydrogen-bond donors (Lipinski definition) is 1. The summed E-state index contributed by atoms with van der Waals surface area (Å²) in [5, 5.41) is 2.98. The van der Waals surface area contributed by atoms with Crippen LogP contribution >= 0.6 is 0 Å². The molecular formula is C19H29N3O2. The molecule has 5 heteroatoms. The van der Waals surface area contributed by atoms with Crippen molar-refractivity contribution in [1.29, 1.82) is 0 Å². The highest BCUT2D eigenvalue weighted by molar-refractivity contribution is 5.89. The molecule has 1 atom stereocenters. The number of benzene rings is 1. The Morgan fingerprint density at radius 2 is 2.04 bits per heavy atom. The van der Waals surface area contributed by atoms with Crippen LogP contribution in [0.25, 0.3) is 0 Å². The van der Waals surface area contributed by atoms with Gasteiger partial charge in [0.2, 0.25) is 11.8 Å². The highest BCUT2D eigenvalue weighted by atomic mass is 16.2. The van der Waals surface area contributed by atoms with E-state index in [-0.39, 0.29) is 17.7 Å². The fraction of sp³-hybridized carbons (Fsp3) is 0.579. The molecule has 1 fully saturated rings. The van der Waals surface area contributed by atoms with E-state index >= 15 is 0 Å². The summed E-state index contributed by atoms with van der Waals surface area (Å²) in [5.41, 5.74) is 1.18. The topological polar surface area (TPSA) is 52.7 Å². The van der Waals surface area contributed by atoms with E-state index in [1.54, 1.807) is 0 Å². The Hall–Kier alpha value is -2.04. The van der Waals surface area contributed by atoms with Crippen molar-refractivity contribution in [3.05, 3.63) is 30.3 Å². The highest BCUT2D eigenvalue weighted by Crippen LogP contribution is 2.19. The maximum absolute atomic E-state index is 12.2. The Morgan fingerprint density at radius 3 is 2.71 bits per heavy atom. The molecule has 0 aliphatic carbocycles. The molecule has 2 rings (SSSR count). The lowest BCUT2D eigenvalue weighted by atomic mass is 10.1. The van der Waals surface area contributed by atoms with Gasteiger partial charge >= 0.3 is 0 Å². The summed E-state index contributed by atoms with van der Waals surface area (Å²) in [7, 11) is 2.05. The van der Waals surface area contributed by atoms with E-state index < -0.39 is 0 Å². The summed E-state index contributed by atoms with van der Waals surface area (Å²) in [5.74, 6) is 0.358. The third-order valence-electron chi connectivity index (χ3n) is 4.34. The molecule has 1 saturated heterocycles. The van der Waals surface area contributed by atoms with E-state index in [0.29, 0.717) is 25.4 Å². The van der Waals surface area contributed by atoms with Gasteiger partial charge in [0.15, 0.2) is 0 Å². The molecule has 2 amide bonds. The summed E-state index contributed by atoms with van der Waals surface area (Å²) < 4.78 is 0. The second-order valence-electron chi connectivity index (χ2n) is 7.00. The van der Waals surface area contributed by atoms with Gasteiger partial charge < -0.3 is 15.1 Å². The number of rotatable bonds is 8. The minimum Gasteiger partial charge on any atom is -0.375 e. The summed E-state index contributed by atoms with van der Waals surface area (Å²) in [4.78, 5) is 28.2. The van der Waals surface area contributed by atoms with Crippen LogP contribution in [0.1, 0.15) is 26.7 Å². The van der Waals surface area contributed by atoms with E-state index in [0.717, 1.165) is 19.5 Å². The van der Waals surface area contributed by atoms with Crippen molar-refractivity contribution in [2.24, 2.45) is 11.8 Å². The highest BCUT2D eigenvalue weighted by Gasteiger charge is 2.34. The third kappa shape index (κ3) is 5.25. The molecule has 0 radical (unpaired) electrons. The molecule has 132 valence electrons. The molecule has 1 aliphatic rings. The normalized spacial score (nSPS) is 17.4. The minimum atomic E-state index is -0.192. The molecule has 1 aromatic carbocycles. The van der Waals surface area contributed by atoms with Crippen LogP contribution in [-0.2, 0) is 9.59 Å². The Bertz CT molecular complexity index is 545. The second-order valence-corrected chi connectivity index (χ2v) is 7.00. The molecule has 24 heavy (non-hydrogen) atoms. The molecule has 1 heterocycles. The zero-order valence-corrected chi connectivity index (χ0v) is 15.0. The number of para-hydroxylation sites is 1. The first-order valence-electron chi connectivity index (χ1n) is 8.79. The average molecular weight is 331 g/mol. The van der Waals surface area contributed by atoms with Gasteiger partial charge in [0.1, 0.15) is 0 Å². The monoisotopic (exact) mass is 331 g/mol. The molecule has 0 aromatic heterocycles. The molecule has 0 bridgehead atoms. The van der Waals surface area contributed by atoms with E-state index in [1.807, 2.05) is 23.1 Å². The SMILES string of the molecule is CC(C)CN1C[C@@H](C(=O)NCCCN(C)c2ccccc2)CC1=O. The lowest BCUT2D eigenvalue weighted by Gasteiger charge is -2.20. The Kier molecular flexibility index (Phi) is 6.64. The van der Waals surface area contributed by atoms with Crippen LogP contribution in [0.5, 0.6) is 0 Å². The van der Waals surface area contributed by atoms with Gasteiger partial charge in [-0.2, -0.15) is 0 Å². The second kappa shape index (κ2) is 8.71. The maximum Gasteiger partial charge on any atom is 0.225 e. The van der Waals surface area contributed by atoms with Crippen molar-refractivity contribution in [2.45, 2.75) is 26.7 Å². The number of amides is 2. The predicted molar refractivity (Wildman–Crippen MR) is 96.9 cm³/mol. The van der Waals surface area contributed by atoms with Gasteiger partial charge in [0.05, 0.1) is 5.92 Å². The summed E-state index contributed by atoms with van der Waals surface area (Å²) >= 11 is 0. The van der Waals surface area contributed by atoms with Crippen molar-refractivity contribution in [2.75, 3.05) is 38.1 Å². The number of likely N-dealkylation sites (tertiary alicyclic amines) is 1. The van der Waals surface area contributed by atoms with E-state index in [9.17, 15) is 9.59 Å². The van der Waals surface area contributed by atoms with Gasteiger partial charge in [0, 0.05) is 45.3 Å². The van der Waals surface area contributed by atoms with Crippen molar-refractivity contribution < 1.29 is 9.59 Å². The first-order valence-corrected chi connectivity index (χ1v) is 8.79. The number of carbonyl (C=O) groups is 2. The van der Waals surface area contributed by atoms with Gasteiger partial charge in [-0.3, -0.25) is 9.59 Å². The average Bonchev–Trinajstić information content (AvgIpc) is 2.92. The number of carbonyl (C=O) groups excluding carboxylic acids is 2. The van der Waals surface area contributed by atoms with Crippen molar-refractivity contribution >= 4 is 17.5 Å². The van der Waals surface area contributed by atoms with E-state index in [1.165, 1.54) is 5.69 Å². The molecule has 5 nitrogen and oxygen atoms in total. The summed E-state index contributed by atoms with van der Waals surface area (Å²) in [6.45, 7) is 7.00. The van der Waals surface area contributed by atoms with Crippen LogP contribution in [0, 0.1) is 11.8 Å². The molecule has 1 aliphatic heterocycles. The fourth-order valence-corrected chi connectivity index (χ4v) is 3.05. The van der Waals surface area contributed by atoms with Crippen LogP contribution in [0.15, 0.2) is 30.3 Å². The molecule has 1 aromatic rings. The number of hydrogen-bond acceptors (Lipinski definition) is 3. The van der Waals surface area contributed by atoms with Gasteiger partial charge in [-0.15, -0.1) is 0 Å². The molecule has 1 N–H and O–H groups in total. The number of nitrogens with zero attached hydrogens (tertiary/aromatic N) is 2. The lowest BCUT2D eigenvalue weighted by molar-refractivity contribution is -0.129. The Balaban J connectivity index is 1.67. The summed E-state index contributed by atoms with van der Waals surface area (Å²) in [6.07, 6.45) is 1.23. The van der Waals surface area contributed by atoms with Crippen LogP contribution in [0.3, 0.4) is 0 Å².